The number of halogens is 1. The van der Waals surface area contributed by atoms with Crippen molar-refractivity contribution in [2.45, 2.75) is 33.0 Å². The maximum Gasteiger partial charge on any atom is 0.279 e. The van der Waals surface area contributed by atoms with E-state index < -0.39 is 29.8 Å². The molecule has 0 spiro atoms. The fourth-order valence-electron chi connectivity index (χ4n) is 1.97. The Morgan fingerprint density at radius 2 is 1.19 bits per heavy atom. The Labute approximate surface area is 151 Å². The number of benzene rings is 2. The van der Waals surface area contributed by atoms with Gasteiger partial charge in [0.15, 0.2) is 12.2 Å². The zero-order valence-electron chi connectivity index (χ0n) is 14.8. The number of aryl methyl sites for hydroxylation is 1. The molecule has 0 saturated carbocycles. The fraction of sp³-hybridized carbons (Fsp3) is 0.263. The molecule has 0 radical (unpaired) electrons. The molecule has 0 saturated heterocycles. The second-order valence-electron chi connectivity index (χ2n) is 5.77. The van der Waals surface area contributed by atoms with Gasteiger partial charge in [0.05, 0.1) is 0 Å². The quantitative estimate of drug-likeness (QED) is 0.776. The van der Waals surface area contributed by atoms with E-state index in [2.05, 4.69) is 10.9 Å². The van der Waals surface area contributed by atoms with E-state index in [9.17, 15) is 14.0 Å². The lowest BCUT2D eigenvalue weighted by atomic mass is 10.2. The number of amides is 2. The summed E-state index contributed by atoms with van der Waals surface area (Å²) in [5.41, 5.74) is 5.64. The van der Waals surface area contributed by atoms with Gasteiger partial charge in [-0.1, -0.05) is 17.7 Å². The van der Waals surface area contributed by atoms with Crippen molar-refractivity contribution in [1.29, 1.82) is 0 Å². The topological polar surface area (TPSA) is 76.7 Å². The minimum Gasteiger partial charge on any atom is -0.481 e. The molecular formula is C19H21FN2O4. The van der Waals surface area contributed by atoms with Gasteiger partial charge in [-0.2, -0.15) is 0 Å². The van der Waals surface area contributed by atoms with E-state index in [1.807, 2.05) is 19.1 Å². The smallest absolute Gasteiger partial charge is 0.279 e. The van der Waals surface area contributed by atoms with Crippen LogP contribution in [0.15, 0.2) is 48.5 Å². The highest BCUT2D eigenvalue weighted by molar-refractivity contribution is 5.86. The Bertz CT molecular complexity index is 682. The summed E-state index contributed by atoms with van der Waals surface area (Å²) >= 11 is 0. The maximum atomic E-state index is 12.8. The summed E-state index contributed by atoms with van der Waals surface area (Å²) in [6.45, 7) is 5.03. The number of hydrogen-bond acceptors (Lipinski definition) is 4. The summed E-state index contributed by atoms with van der Waals surface area (Å²) in [7, 11) is 0. The third-order valence-corrected chi connectivity index (χ3v) is 3.51. The Balaban J connectivity index is 1.78. The van der Waals surface area contributed by atoms with Crippen molar-refractivity contribution in [1.82, 2.24) is 10.9 Å². The van der Waals surface area contributed by atoms with Crippen molar-refractivity contribution >= 4 is 11.8 Å². The van der Waals surface area contributed by atoms with Crippen LogP contribution < -0.4 is 20.3 Å². The van der Waals surface area contributed by atoms with Crippen LogP contribution in [0.5, 0.6) is 11.5 Å². The van der Waals surface area contributed by atoms with Crippen molar-refractivity contribution in [3.8, 4) is 11.5 Å². The van der Waals surface area contributed by atoms with Crippen LogP contribution in [0.1, 0.15) is 19.4 Å². The number of hydrogen-bond donors (Lipinski definition) is 2. The van der Waals surface area contributed by atoms with Gasteiger partial charge in [-0.15, -0.1) is 0 Å². The first kappa shape index (κ1) is 19.2. The molecule has 0 aliphatic heterocycles. The van der Waals surface area contributed by atoms with Crippen molar-refractivity contribution in [3.05, 3.63) is 59.9 Å². The molecule has 2 aromatic carbocycles. The molecule has 0 fully saturated rings. The largest absolute Gasteiger partial charge is 0.481 e. The van der Waals surface area contributed by atoms with Crippen molar-refractivity contribution < 1.29 is 23.5 Å². The molecule has 2 amide bonds. The molecule has 0 aliphatic carbocycles. The van der Waals surface area contributed by atoms with E-state index >= 15 is 0 Å². The van der Waals surface area contributed by atoms with E-state index in [0.29, 0.717) is 11.5 Å². The van der Waals surface area contributed by atoms with Crippen molar-refractivity contribution in [3.63, 3.8) is 0 Å². The highest BCUT2D eigenvalue weighted by Gasteiger charge is 2.19. The fourth-order valence-corrected chi connectivity index (χ4v) is 1.97. The Morgan fingerprint density at radius 1 is 0.808 bits per heavy atom. The van der Waals surface area contributed by atoms with Gasteiger partial charge in [-0.3, -0.25) is 20.4 Å². The van der Waals surface area contributed by atoms with Crippen LogP contribution in [0.4, 0.5) is 4.39 Å². The number of hydrazine groups is 1. The molecule has 2 N–H and O–H groups in total. The molecule has 138 valence electrons. The molecule has 6 nitrogen and oxygen atoms in total. The lowest BCUT2D eigenvalue weighted by Gasteiger charge is -2.17. The highest BCUT2D eigenvalue weighted by atomic mass is 19.1. The van der Waals surface area contributed by atoms with Crippen molar-refractivity contribution in [2.24, 2.45) is 0 Å². The van der Waals surface area contributed by atoms with E-state index in [4.69, 9.17) is 9.47 Å². The molecule has 26 heavy (non-hydrogen) atoms. The normalized spacial score (nSPS) is 12.6. The zero-order valence-corrected chi connectivity index (χ0v) is 14.8. The minimum atomic E-state index is -0.880. The molecular weight excluding hydrogens is 339 g/mol. The van der Waals surface area contributed by atoms with E-state index in [1.54, 1.807) is 19.1 Å². The zero-order chi connectivity index (χ0) is 19.1. The van der Waals surface area contributed by atoms with Crippen LogP contribution in [0.25, 0.3) is 0 Å². The lowest BCUT2D eigenvalue weighted by molar-refractivity contribution is -0.135. The van der Waals surface area contributed by atoms with E-state index in [1.165, 1.54) is 31.2 Å². The van der Waals surface area contributed by atoms with Gasteiger partial charge in [0.2, 0.25) is 0 Å². The van der Waals surface area contributed by atoms with Gasteiger partial charge in [-0.25, -0.2) is 4.39 Å². The average molecular weight is 360 g/mol. The summed E-state index contributed by atoms with van der Waals surface area (Å²) < 4.78 is 23.7. The third-order valence-electron chi connectivity index (χ3n) is 3.51. The minimum absolute atomic E-state index is 0.344. The van der Waals surface area contributed by atoms with Crippen LogP contribution in [0.3, 0.4) is 0 Å². The van der Waals surface area contributed by atoms with Crippen LogP contribution in [0.2, 0.25) is 0 Å². The van der Waals surface area contributed by atoms with Gasteiger partial charge < -0.3 is 9.47 Å². The molecule has 0 aliphatic rings. The SMILES string of the molecule is Cc1ccc(OC(C)C(=O)NNC(=O)C(C)Oc2ccc(F)cc2)cc1. The molecule has 2 rings (SSSR count). The summed E-state index contributed by atoms with van der Waals surface area (Å²) in [5, 5.41) is 0. The second-order valence-corrected chi connectivity index (χ2v) is 5.77. The van der Waals surface area contributed by atoms with Gasteiger partial charge in [0.25, 0.3) is 11.8 Å². The molecule has 7 heteroatoms. The summed E-state index contributed by atoms with van der Waals surface area (Å²) in [4.78, 5) is 24.0. The number of carbonyl (C=O) groups excluding carboxylic acids is 2. The molecule has 2 atom stereocenters. The Kier molecular flexibility index (Phi) is 6.54. The average Bonchev–Trinajstić information content (AvgIpc) is 2.63. The molecule has 2 unspecified atom stereocenters. The predicted octanol–water partition coefficient (Wildman–Crippen LogP) is 2.52. The first-order chi connectivity index (χ1) is 12.3. The van der Waals surface area contributed by atoms with Crippen molar-refractivity contribution in [2.75, 3.05) is 0 Å². The maximum absolute atomic E-state index is 12.8. The highest BCUT2D eigenvalue weighted by Crippen LogP contribution is 2.14. The Hall–Kier alpha value is -3.09. The van der Waals surface area contributed by atoms with E-state index in [0.717, 1.165) is 5.56 Å². The van der Waals surface area contributed by atoms with Gasteiger partial charge in [0.1, 0.15) is 17.3 Å². The molecule has 0 heterocycles. The molecule has 2 aromatic rings. The predicted molar refractivity (Wildman–Crippen MR) is 94.0 cm³/mol. The van der Waals surface area contributed by atoms with Gasteiger partial charge in [-0.05, 0) is 57.2 Å². The standard InChI is InChI=1S/C19H21FN2O4/c1-12-4-8-16(9-5-12)25-13(2)18(23)21-22-19(24)14(3)26-17-10-6-15(20)7-11-17/h4-11,13-14H,1-3H3,(H,21,23)(H,22,24). The molecule has 0 aromatic heterocycles. The Morgan fingerprint density at radius 3 is 1.62 bits per heavy atom. The number of carbonyl (C=O) groups is 2. The van der Waals surface area contributed by atoms with E-state index in [-0.39, 0.29) is 0 Å². The van der Waals surface area contributed by atoms with Gasteiger partial charge >= 0.3 is 0 Å². The van der Waals surface area contributed by atoms with Crippen LogP contribution >= 0.6 is 0 Å². The first-order valence-corrected chi connectivity index (χ1v) is 8.10. The summed E-state index contributed by atoms with van der Waals surface area (Å²) in [5.74, 6) is -0.559. The van der Waals surface area contributed by atoms with Crippen LogP contribution in [-0.2, 0) is 9.59 Å². The monoisotopic (exact) mass is 360 g/mol. The number of nitrogens with one attached hydrogen (secondary N) is 2. The lowest BCUT2D eigenvalue weighted by Crippen LogP contribution is -2.50. The number of rotatable bonds is 6. The van der Waals surface area contributed by atoms with Crippen LogP contribution in [0, 0.1) is 12.7 Å². The van der Waals surface area contributed by atoms with Crippen LogP contribution in [-0.4, -0.2) is 24.0 Å². The first-order valence-electron chi connectivity index (χ1n) is 8.10. The number of ether oxygens (including phenoxy) is 2. The summed E-state index contributed by atoms with van der Waals surface area (Å²) in [6, 6.07) is 12.5. The second kappa shape index (κ2) is 8.84. The van der Waals surface area contributed by atoms with Gasteiger partial charge in [0, 0.05) is 0 Å². The third kappa shape index (κ3) is 5.77. The summed E-state index contributed by atoms with van der Waals surface area (Å²) in [6.07, 6.45) is -1.68. The molecule has 0 bridgehead atoms.